The molecule has 0 amide bonds. The molecule has 4 nitrogen and oxygen atoms in total. The monoisotopic (exact) mass is 296 g/mol. The first-order valence-electron chi connectivity index (χ1n) is 7.30. The first-order valence-corrected chi connectivity index (χ1v) is 7.30. The van der Waals surface area contributed by atoms with Crippen molar-refractivity contribution in [3.63, 3.8) is 0 Å². The second-order valence-electron chi connectivity index (χ2n) is 5.10. The minimum absolute atomic E-state index is 0.249. The van der Waals surface area contributed by atoms with Crippen LogP contribution >= 0.6 is 0 Å². The zero-order chi connectivity index (χ0) is 15.4. The summed E-state index contributed by atoms with van der Waals surface area (Å²) in [5.74, 6) is -0.688. The standard InChI is InChI=1S/C15H22F2N4/c1-3-20(4-2)7-8-21-14(10-19-15(21)18)12-6-5-11(16)9-13(12)17/h5-6,9,14H,3-4,7-8,10H2,1-2H3,(H2,18,19). The van der Waals surface area contributed by atoms with Crippen molar-refractivity contribution in [3.05, 3.63) is 35.4 Å². The van der Waals surface area contributed by atoms with E-state index >= 15 is 0 Å². The fraction of sp³-hybridized carbons (Fsp3) is 0.533. The third kappa shape index (κ3) is 3.50. The predicted octanol–water partition coefficient (Wildman–Crippen LogP) is 1.98. The van der Waals surface area contributed by atoms with E-state index in [2.05, 4.69) is 23.7 Å². The van der Waals surface area contributed by atoms with Crippen molar-refractivity contribution in [1.29, 1.82) is 0 Å². The number of aliphatic imine (C=N–C) groups is 1. The number of nitrogens with two attached hydrogens (primary N) is 1. The van der Waals surface area contributed by atoms with Crippen LogP contribution in [-0.4, -0.2) is 48.5 Å². The molecule has 1 unspecified atom stereocenters. The van der Waals surface area contributed by atoms with Gasteiger partial charge in [-0.3, -0.25) is 4.99 Å². The molecule has 1 atom stereocenters. The molecule has 116 valence electrons. The summed E-state index contributed by atoms with van der Waals surface area (Å²) >= 11 is 0. The predicted molar refractivity (Wildman–Crippen MR) is 80.1 cm³/mol. The van der Waals surface area contributed by atoms with E-state index in [9.17, 15) is 8.78 Å². The van der Waals surface area contributed by atoms with E-state index in [0.29, 0.717) is 24.6 Å². The Kier molecular flexibility index (Phi) is 5.12. The molecule has 0 fully saturated rings. The van der Waals surface area contributed by atoms with Crippen molar-refractivity contribution in [2.24, 2.45) is 10.7 Å². The van der Waals surface area contributed by atoms with Gasteiger partial charge in [0.05, 0.1) is 12.6 Å². The Labute approximate surface area is 124 Å². The lowest BCUT2D eigenvalue weighted by atomic mass is 10.1. The molecule has 0 bridgehead atoms. The second-order valence-corrected chi connectivity index (χ2v) is 5.10. The molecule has 1 aromatic rings. The number of guanidine groups is 1. The van der Waals surface area contributed by atoms with Gasteiger partial charge in [0, 0.05) is 24.7 Å². The fourth-order valence-electron chi connectivity index (χ4n) is 2.63. The zero-order valence-electron chi connectivity index (χ0n) is 12.5. The molecule has 21 heavy (non-hydrogen) atoms. The molecule has 1 aliphatic rings. The van der Waals surface area contributed by atoms with Crippen LogP contribution in [0.15, 0.2) is 23.2 Å². The van der Waals surface area contributed by atoms with Gasteiger partial charge in [0.1, 0.15) is 11.6 Å². The Bertz CT molecular complexity index is 514. The van der Waals surface area contributed by atoms with E-state index in [4.69, 9.17) is 5.73 Å². The van der Waals surface area contributed by atoms with Gasteiger partial charge in [-0.05, 0) is 19.2 Å². The molecular weight excluding hydrogens is 274 g/mol. The lowest BCUT2D eigenvalue weighted by Gasteiger charge is -2.29. The Morgan fingerprint density at radius 1 is 1.33 bits per heavy atom. The maximum atomic E-state index is 14.0. The smallest absolute Gasteiger partial charge is 0.191 e. The van der Waals surface area contributed by atoms with Gasteiger partial charge in [0.2, 0.25) is 0 Å². The Morgan fingerprint density at radius 3 is 2.67 bits per heavy atom. The normalized spacial score (nSPS) is 18.4. The molecule has 1 aliphatic heterocycles. The van der Waals surface area contributed by atoms with Crippen LogP contribution in [0, 0.1) is 11.6 Å². The Hall–Kier alpha value is -1.69. The molecule has 1 heterocycles. The lowest BCUT2D eigenvalue weighted by molar-refractivity contribution is 0.246. The van der Waals surface area contributed by atoms with Crippen molar-refractivity contribution in [3.8, 4) is 0 Å². The van der Waals surface area contributed by atoms with Crippen LogP contribution in [0.4, 0.5) is 8.78 Å². The first-order chi connectivity index (χ1) is 10.1. The van der Waals surface area contributed by atoms with Gasteiger partial charge in [-0.15, -0.1) is 0 Å². The Morgan fingerprint density at radius 2 is 2.05 bits per heavy atom. The van der Waals surface area contributed by atoms with Crippen LogP contribution in [0.5, 0.6) is 0 Å². The fourth-order valence-corrected chi connectivity index (χ4v) is 2.63. The molecule has 0 saturated carbocycles. The second kappa shape index (κ2) is 6.85. The summed E-state index contributed by atoms with van der Waals surface area (Å²) in [5, 5.41) is 0. The van der Waals surface area contributed by atoms with E-state index < -0.39 is 11.6 Å². The highest BCUT2D eigenvalue weighted by molar-refractivity contribution is 5.80. The molecule has 0 radical (unpaired) electrons. The molecule has 0 spiro atoms. The minimum Gasteiger partial charge on any atom is -0.370 e. The van der Waals surface area contributed by atoms with Gasteiger partial charge >= 0.3 is 0 Å². The van der Waals surface area contributed by atoms with Crippen LogP contribution in [0.3, 0.4) is 0 Å². The number of rotatable bonds is 6. The highest BCUT2D eigenvalue weighted by atomic mass is 19.1. The van der Waals surface area contributed by atoms with Gasteiger partial charge < -0.3 is 15.5 Å². The van der Waals surface area contributed by atoms with Crippen molar-refractivity contribution >= 4 is 5.96 Å². The number of benzene rings is 1. The molecule has 0 aromatic heterocycles. The van der Waals surface area contributed by atoms with Crippen LogP contribution in [0.1, 0.15) is 25.5 Å². The van der Waals surface area contributed by atoms with Crippen LogP contribution in [0.2, 0.25) is 0 Å². The number of likely N-dealkylation sites (N-methyl/N-ethyl adjacent to an activating group) is 1. The van der Waals surface area contributed by atoms with E-state index in [1.54, 1.807) is 0 Å². The van der Waals surface area contributed by atoms with Crippen molar-refractivity contribution in [2.45, 2.75) is 19.9 Å². The molecular formula is C15H22F2N4. The Balaban J connectivity index is 2.12. The number of halogens is 2. The molecule has 0 saturated heterocycles. The lowest BCUT2D eigenvalue weighted by Crippen LogP contribution is -2.41. The van der Waals surface area contributed by atoms with E-state index in [1.165, 1.54) is 12.1 Å². The van der Waals surface area contributed by atoms with E-state index in [0.717, 1.165) is 25.7 Å². The van der Waals surface area contributed by atoms with Gasteiger partial charge in [0.25, 0.3) is 0 Å². The van der Waals surface area contributed by atoms with Crippen LogP contribution < -0.4 is 5.73 Å². The van der Waals surface area contributed by atoms with Gasteiger partial charge in [-0.25, -0.2) is 8.78 Å². The topological polar surface area (TPSA) is 44.9 Å². The molecule has 0 aliphatic carbocycles. The minimum atomic E-state index is -0.571. The summed E-state index contributed by atoms with van der Waals surface area (Å²) in [4.78, 5) is 8.37. The van der Waals surface area contributed by atoms with E-state index in [-0.39, 0.29) is 6.04 Å². The van der Waals surface area contributed by atoms with Crippen molar-refractivity contribution in [1.82, 2.24) is 9.80 Å². The summed E-state index contributed by atoms with van der Waals surface area (Å²) in [6.45, 7) is 8.03. The summed E-state index contributed by atoms with van der Waals surface area (Å²) < 4.78 is 27.0. The highest BCUT2D eigenvalue weighted by Gasteiger charge is 2.29. The molecule has 2 rings (SSSR count). The maximum Gasteiger partial charge on any atom is 0.191 e. The first kappa shape index (κ1) is 15.7. The van der Waals surface area contributed by atoms with Crippen molar-refractivity contribution in [2.75, 3.05) is 32.7 Å². The summed E-state index contributed by atoms with van der Waals surface area (Å²) in [5.41, 5.74) is 6.36. The zero-order valence-corrected chi connectivity index (χ0v) is 12.5. The summed E-state index contributed by atoms with van der Waals surface area (Å²) in [7, 11) is 0. The van der Waals surface area contributed by atoms with Gasteiger partial charge in [0.15, 0.2) is 5.96 Å². The number of hydrogen-bond donors (Lipinski definition) is 1. The average Bonchev–Trinajstić information content (AvgIpc) is 2.81. The summed E-state index contributed by atoms with van der Waals surface area (Å²) in [6.07, 6.45) is 0. The van der Waals surface area contributed by atoms with Gasteiger partial charge in [-0.2, -0.15) is 0 Å². The number of hydrogen-bond acceptors (Lipinski definition) is 4. The van der Waals surface area contributed by atoms with Crippen molar-refractivity contribution < 1.29 is 8.78 Å². The number of nitrogens with zero attached hydrogens (tertiary/aromatic N) is 3. The van der Waals surface area contributed by atoms with Gasteiger partial charge in [-0.1, -0.05) is 19.9 Å². The highest BCUT2D eigenvalue weighted by Crippen LogP contribution is 2.27. The third-order valence-electron chi connectivity index (χ3n) is 3.97. The molecule has 6 heteroatoms. The summed E-state index contributed by atoms with van der Waals surface area (Å²) in [6, 6.07) is 3.41. The quantitative estimate of drug-likeness (QED) is 0.873. The molecule has 1 aromatic carbocycles. The van der Waals surface area contributed by atoms with Crippen LogP contribution in [-0.2, 0) is 0 Å². The largest absolute Gasteiger partial charge is 0.370 e. The maximum absolute atomic E-state index is 14.0. The SMILES string of the molecule is CCN(CC)CCN1C(N)=NCC1c1ccc(F)cc1F. The molecule has 2 N–H and O–H groups in total. The average molecular weight is 296 g/mol. The third-order valence-corrected chi connectivity index (χ3v) is 3.97. The van der Waals surface area contributed by atoms with E-state index in [1.807, 2.05) is 4.90 Å². The van der Waals surface area contributed by atoms with Crippen LogP contribution in [0.25, 0.3) is 0 Å².